The highest BCUT2D eigenvalue weighted by Crippen LogP contribution is 2.37. The van der Waals surface area contributed by atoms with E-state index < -0.39 is 71.2 Å². The number of nitrogens with one attached hydrogen (secondary N) is 1. The van der Waals surface area contributed by atoms with Gasteiger partial charge in [-0.2, -0.15) is 52.7 Å². The van der Waals surface area contributed by atoms with E-state index in [1.807, 2.05) is 0 Å². The fourth-order valence-electron chi connectivity index (χ4n) is 2.59. The van der Waals surface area contributed by atoms with E-state index in [-0.39, 0.29) is 12.1 Å². The minimum Gasteiger partial charge on any atom is -0.309 e. The van der Waals surface area contributed by atoms with Crippen LogP contribution in [0.25, 0.3) is 0 Å². The van der Waals surface area contributed by atoms with Crippen LogP contribution in [0, 0.1) is 0 Å². The largest absolute Gasteiger partial charge is 0.416 e. The molecule has 1 N–H and O–H groups in total. The van der Waals surface area contributed by atoms with Crippen LogP contribution in [0.15, 0.2) is 36.4 Å². The van der Waals surface area contributed by atoms with Crippen LogP contribution in [-0.2, 0) is 37.8 Å². The Morgan fingerprint density at radius 3 is 0.839 bits per heavy atom. The van der Waals surface area contributed by atoms with Crippen LogP contribution in [0.4, 0.5) is 52.7 Å². The zero-order chi connectivity index (χ0) is 23.8. The molecule has 2 rings (SSSR count). The topological polar surface area (TPSA) is 12.0 Å². The molecule has 13 heteroatoms. The van der Waals surface area contributed by atoms with Crippen LogP contribution in [0.3, 0.4) is 0 Å². The fraction of sp³-hybridized carbons (Fsp3) is 0.333. The Hall–Kier alpha value is -2.44. The van der Waals surface area contributed by atoms with E-state index in [0.29, 0.717) is 24.3 Å². The summed E-state index contributed by atoms with van der Waals surface area (Å²) in [6.07, 6.45) is -20.4. The molecule has 0 aromatic heterocycles. The van der Waals surface area contributed by atoms with Gasteiger partial charge < -0.3 is 5.32 Å². The van der Waals surface area contributed by atoms with Crippen LogP contribution in [0.1, 0.15) is 33.4 Å². The van der Waals surface area contributed by atoms with Crippen molar-refractivity contribution < 1.29 is 52.7 Å². The molecule has 172 valence electrons. The second kappa shape index (κ2) is 8.24. The van der Waals surface area contributed by atoms with E-state index in [1.165, 1.54) is 0 Å². The average Bonchev–Trinajstić information content (AvgIpc) is 2.58. The number of halogens is 12. The third-order valence-corrected chi connectivity index (χ3v) is 3.95. The molecular formula is C18H11F12N. The smallest absolute Gasteiger partial charge is 0.309 e. The van der Waals surface area contributed by atoms with Crippen molar-refractivity contribution >= 4 is 0 Å². The van der Waals surface area contributed by atoms with Crippen LogP contribution in [0.2, 0.25) is 0 Å². The van der Waals surface area contributed by atoms with E-state index in [2.05, 4.69) is 5.32 Å². The van der Waals surface area contributed by atoms with Crippen molar-refractivity contribution in [3.8, 4) is 0 Å². The van der Waals surface area contributed by atoms with Crippen molar-refractivity contribution in [3.05, 3.63) is 69.8 Å². The lowest BCUT2D eigenvalue weighted by molar-refractivity contribution is -0.144. The van der Waals surface area contributed by atoms with Gasteiger partial charge in [0.15, 0.2) is 0 Å². The molecule has 2 aromatic carbocycles. The predicted molar refractivity (Wildman–Crippen MR) is 83.4 cm³/mol. The Morgan fingerprint density at radius 1 is 0.419 bits per heavy atom. The van der Waals surface area contributed by atoms with Gasteiger partial charge in [-0.15, -0.1) is 0 Å². The van der Waals surface area contributed by atoms with Gasteiger partial charge in [0.2, 0.25) is 0 Å². The molecule has 0 bridgehead atoms. The first kappa shape index (κ1) is 24.8. The van der Waals surface area contributed by atoms with Crippen molar-refractivity contribution in [1.29, 1.82) is 0 Å². The van der Waals surface area contributed by atoms with E-state index in [1.54, 1.807) is 0 Å². The average molecular weight is 469 g/mol. The van der Waals surface area contributed by atoms with Crippen molar-refractivity contribution in [2.24, 2.45) is 0 Å². The Kier molecular flexibility index (Phi) is 6.60. The summed E-state index contributed by atoms with van der Waals surface area (Å²) in [6.45, 7) is -1.35. The molecule has 0 aliphatic carbocycles. The molecule has 0 saturated heterocycles. The van der Waals surface area contributed by atoms with Gasteiger partial charge in [0.25, 0.3) is 0 Å². The molecule has 31 heavy (non-hydrogen) atoms. The van der Waals surface area contributed by atoms with Gasteiger partial charge in [0.1, 0.15) is 0 Å². The summed E-state index contributed by atoms with van der Waals surface area (Å²) in [7, 11) is 0. The minimum absolute atomic E-state index is 0.105. The first-order valence-corrected chi connectivity index (χ1v) is 8.15. The maximum absolute atomic E-state index is 12.8. The van der Waals surface area contributed by atoms with Gasteiger partial charge in [-0.1, -0.05) is 0 Å². The minimum atomic E-state index is -5.10. The Balaban J connectivity index is 2.29. The van der Waals surface area contributed by atoms with Gasteiger partial charge in [-0.25, -0.2) is 0 Å². The molecule has 0 aliphatic rings. The van der Waals surface area contributed by atoms with Crippen LogP contribution >= 0.6 is 0 Å². The first-order valence-electron chi connectivity index (χ1n) is 8.15. The zero-order valence-electron chi connectivity index (χ0n) is 14.9. The SMILES string of the molecule is FC(F)(F)c1cc(CNCc2cc(C(F)(F)F)cc(C(F)(F)F)c2)cc(C(F)(F)F)c1. The van der Waals surface area contributed by atoms with E-state index in [9.17, 15) is 52.7 Å². The maximum atomic E-state index is 12.8. The highest BCUT2D eigenvalue weighted by atomic mass is 19.4. The number of hydrogen-bond acceptors (Lipinski definition) is 1. The molecule has 2 aromatic rings. The number of rotatable bonds is 4. The quantitative estimate of drug-likeness (QED) is 0.474. The lowest BCUT2D eigenvalue weighted by Gasteiger charge is -2.16. The van der Waals surface area contributed by atoms with Crippen molar-refractivity contribution in [3.63, 3.8) is 0 Å². The summed E-state index contributed by atoms with van der Waals surface area (Å²) in [5, 5.41) is 2.26. The number of benzene rings is 2. The third-order valence-electron chi connectivity index (χ3n) is 3.95. The summed E-state index contributed by atoms with van der Waals surface area (Å²) in [5.41, 5.74) is -7.42. The van der Waals surface area contributed by atoms with Gasteiger partial charge in [0.05, 0.1) is 22.3 Å². The summed E-state index contributed by atoms with van der Waals surface area (Å²) < 4.78 is 154. The molecular weight excluding hydrogens is 458 g/mol. The summed E-state index contributed by atoms with van der Waals surface area (Å²) in [4.78, 5) is 0. The normalized spacial score (nSPS) is 13.5. The van der Waals surface area contributed by atoms with E-state index in [0.717, 1.165) is 0 Å². The van der Waals surface area contributed by atoms with E-state index >= 15 is 0 Å². The van der Waals surface area contributed by atoms with Gasteiger partial charge in [-0.3, -0.25) is 0 Å². The van der Waals surface area contributed by atoms with Crippen LogP contribution < -0.4 is 5.32 Å². The molecule has 0 heterocycles. The van der Waals surface area contributed by atoms with E-state index in [4.69, 9.17) is 0 Å². The van der Waals surface area contributed by atoms with Gasteiger partial charge >= 0.3 is 24.7 Å². The highest BCUT2D eigenvalue weighted by molar-refractivity contribution is 5.35. The van der Waals surface area contributed by atoms with Crippen LogP contribution in [-0.4, -0.2) is 0 Å². The maximum Gasteiger partial charge on any atom is 0.416 e. The highest BCUT2D eigenvalue weighted by Gasteiger charge is 2.38. The predicted octanol–water partition coefficient (Wildman–Crippen LogP) is 7.05. The third kappa shape index (κ3) is 6.77. The Morgan fingerprint density at radius 2 is 0.645 bits per heavy atom. The molecule has 0 aliphatic heterocycles. The molecule has 0 atom stereocenters. The lowest BCUT2D eigenvalue weighted by atomic mass is 10.0. The van der Waals surface area contributed by atoms with Crippen LogP contribution in [0.5, 0.6) is 0 Å². The standard InChI is InChI=1S/C18H11F12N/c19-15(20,21)11-1-9(2-12(5-11)16(22,23)24)7-31-8-10-3-13(17(25,26)27)6-14(4-10)18(28,29)30/h1-6,31H,7-8H2. The first-order chi connectivity index (χ1) is 13.9. The second-order valence-corrected chi connectivity index (χ2v) is 6.43. The summed E-state index contributed by atoms with van der Waals surface area (Å²) in [6, 6.07) is 1.38. The molecule has 1 nitrogen and oxygen atoms in total. The van der Waals surface area contributed by atoms with Gasteiger partial charge in [0, 0.05) is 13.1 Å². The molecule has 0 radical (unpaired) electrons. The lowest BCUT2D eigenvalue weighted by Crippen LogP contribution is -2.18. The second-order valence-electron chi connectivity index (χ2n) is 6.43. The number of alkyl halides is 12. The molecule has 0 amide bonds. The monoisotopic (exact) mass is 469 g/mol. The summed E-state index contributed by atoms with van der Waals surface area (Å²) >= 11 is 0. The fourth-order valence-corrected chi connectivity index (χ4v) is 2.59. The molecule has 0 saturated carbocycles. The van der Waals surface area contributed by atoms with Gasteiger partial charge in [-0.05, 0) is 47.5 Å². The zero-order valence-corrected chi connectivity index (χ0v) is 14.9. The van der Waals surface area contributed by atoms with Crippen molar-refractivity contribution in [2.75, 3.05) is 0 Å². The number of hydrogen-bond donors (Lipinski definition) is 1. The van der Waals surface area contributed by atoms with Crippen molar-refractivity contribution in [1.82, 2.24) is 5.32 Å². The molecule has 0 spiro atoms. The van der Waals surface area contributed by atoms with Crippen molar-refractivity contribution in [2.45, 2.75) is 37.8 Å². The molecule has 0 unspecified atom stereocenters. The molecule has 0 fully saturated rings. The summed E-state index contributed by atoms with van der Waals surface area (Å²) in [5.74, 6) is 0. The Bertz CT molecular complexity index is 779. The Labute approximate surface area is 166 Å².